The second kappa shape index (κ2) is 6.19. The first-order valence-corrected chi connectivity index (χ1v) is 8.38. The number of hydrogen-bond donors (Lipinski definition) is 0. The topological polar surface area (TPSA) is 80.3 Å². The van der Waals surface area contributed by atoms with E-state index < -0.39 is 0 Å². The van der Waals surface area contributed by atoms with Gasteiger partial charge >= 0.3 is 0 Å². The van der Waals surface area contributed by atoms with Gasteiger partial charge in [-0.05, 0) is 31.5 Å². The fourth-order valence-corrected chi connectivity index (χ4v) is 3.04. The molecule has 0 radical (unpaired) electrons. The van der Waals surface area contributed by atoms with Crippen molar-refractivity contribution in [3.05, 3.63) is 35.8 Å². The Labute approximate surface area is 145 Å². The summed E-state index contributed by atoms with van der Waals surface area (Å²) < 4.78 is 7.48. The number of aryl methyl sites for hydroxylation is 2. The molecule has 1 aliphatic heterocycles. The van der Waals surface area contributed by atoms with E-state index in [0.29, 0.717) is 42.6 Å². The van der Waals surface area contributed by atoms with E-state index in [2.05, 4.69) is 20.0 Å². The quantitative estimate of drug-likeness (QED) is 0.705. The maximum atomic E-state index is 12.6. The van der Waals surface area contributed by atoms with Crippen molar-refractivity contribution in [1.82, 2.24) is 24.6 Å². The first-order chi connectivity index (χ1) is 12.1. The summed E-state index contributed by atoms with van der Waals surface area (Å²) in [5.74, 6) is -0.0303. The van der Waals surface area contributed by atoms with E-state index in [1.165, 1.54) is 0 Å². The molecule has 1 fully saturated rings. The lowest BCUT2D eigenvalue weighted by molar-refractivity contribution is 0.0760. The molecule has 0 aromatic carbocycles. The number of anilines is 1. The van der Waals surface area contributed by atoms with Gasteiger partial charge in [-0.15, -0.1) is 0 Å². The molecular formula is C17H20N6O2. The Kier molecular flexibility index (Phi) is 3.87. The number of amides is 1. The van der Waals surface area contributed by atoms with Crippen LogP contribution in [0.15, 0.2) is 28.8 Å². The standard InChI is InChI=1S/C17H20N6O2/c1-12-4-5-14-15(18-12)19-17(25-14)23-8-3-7-22(10-11-23)16(24)13-6-9-21(2)20-13/h4-6,9H,3,7-8,10-11H2,1-2H3. The molecule has 8 nitrogen and oxygen atoms in total. The fourth-order valence-electron chi connectivity index (χ4n) is 3.04. The number of nitrogens with zero attached hydrogens (tertiary/aromatic N) is 6. The Morgan fingerprint density at radius 2 is 2.00 bits per heavy atom. The molecular weight excluding hydrogens is 320 g/mol. The van der Waals surface area contributed by atoms with Crippen molar-refractivity contribution >= 4 is 23.2 Å². The lowest BCUT2D eigenvalue weighted by atomic mass is 10.3. The van der Waals surface area contributed by atoms with Gasteiger partial charge in [0.2, 0.25) is 5.65 Å². The van der Waals surface area contributed by atoms with E-state index in [0.717, 1.165) is 18.7 Å². The Bertz CT molecular complexity index is 915. The highest BCUT2D eigenvalue weighted by Crippen LogP contribution is 2.22. The molecule has 4 heterocycles. The molecule has 0 saturated carbocycles. The summed E-state index contributed by atoms with van der Waals surface area (Å²) in [5, 5.41) is 4.20. The molecule has 0 atom stereocenters. The number of fused-ring (bicyclic) bond motifs is 1. The third-order valence-corrected chi connectivity index (χ3v) is 4.37. The van der Waals surface area contributed by atoms with Gasteiger partial charge in [0, 0.05) is 45.1 Å². The highest BCUT2D eigenvalue weighted by molar-refractivity contribution is 5.92. The molecule has 3 aromatic heterocycles. The van der Waals surface area contributed by atoms with Crippen molar-refractivity contribution in [2.45, 2.75) is 13.3 Å². The van der Waals surface area contributed by atoms with Crippen molar-refractivity contribution in [3.63, 3.8) is 0 Å². The van der Waals surface area contributed by atoms with Crippen molar-refractivity contribution < 1.29 is 9.21 Å². The van der Waals surface area contributed by atoms with Gasteiger partial charge in [0.25, 0.3) is 11.9 Å². The summed E-state index contributed by atoms with van der Waals surface area (Å²) in [6, 6.07) is 6.12. The van der Waals surface area contributed by atoms with Crippen LogP contribution in [0.4, 0.5) is 6.01 Å². The SMILES string of the molecule is Cc1ccc2oc(N3CCCN(C(=O)c4ccn(C)n4)CC3)nc2n1. The smallest absolute Gasteiger partial charge is 0.300 e. The average Bonchev–Trinajstić information content (AvgIpc) is 3.12. The van der Waals surface area contributed by atoms with Crippen LogP contribution in [0.25, 0.3) is 11.2 Å². The number of aromatic nitrogens is 4. The van der Waals surface area contributed by atoms with Crippen LogP contribution >= 0.6 is 0 Å². The molecule has 1 amide bonds. The second-order valence-corrected chi connectivity index (χ2v) is 6.28. The van der Waals surface area contributed by atoms with E-state index in [-0.39, 0.29) is 5.91 Å². The Balaban J connectivity index is 1.49. The predicted octanol–water partition coefficient (Wildman–Crippen LogP) is 1.62. The van der Waals surface area contributed by atoms with Crippen molar-refractivity contribution in [1.29, 1.82) is 0 Å². The molecule has 25 heavy (non-hydrogen) atoms. The molecule has 0 aliphatic carbocycles. The fraction of sp³-hybridized carbons (Fsp3) is 0.412. The van der Waals surface area contributed by atoms with Crippen LogP contribution < -0.4 is 4.90 Å². The second-order valence-electron chi connectivity index (χ2n) is 6.28. The van der Waals surface area contributed by atoms with E-state index in [1.54, 1.807) is 16.9 Å². The average molecular weight is 340 g/mol. The summed E-state index contributed by atoms with van der Waals surface area (Å²) in [7, 11) is 1.81. The number of hydrogen-bond acceptors (Lipinski definition) is 6. The van der Waals surface area contributed by atoms with Crippen LogP contribution in [0.3, 0.4) is 0 Å². The number of rotatable bonds is 2. The molecule has 3 aromatic rings. The summed E-state index contributed by atoms with van der Waals surface area (Å²) in [5.41, 5.74) is 2.71. The number of oxazole rings is 1. The molecule has 0 bridgehead atoms. The Morgan fingerprint density at radius 3 is 2.80 bits per heavy atom. The minimum absolute atomic E-state index is 0.0303. The van der Waals surface area contributed by atoms with E-state index in [1.807, 2.05) is 31.0 Å². The molecule has 0 spiro atoms. The van der Waals surface area contributed by atoms with Crippen molar-refractivity contribution in [2.75, 3.05) is 31.1 Å². The molecule has 0 N–H and O–H groups in total. The maximum absolute atomic E-state index is 12.6. The first-order valence-electron chi connectivity index (χ1n) is 8.38. The normalized spacial score (nSPS) is 15.6. The summed E-state index contributed by atoms with van der Waals surface area (Å²) in [6.45, 7) is 4.70. The largest absolute Gasteiger partial charge is 0.422 e. The third-order valence-electron chi connectivity index (χ3n) is 4.37. The van der Waals surface area contributed by atoms with Gasteiger partial charge in [0.15, 0.2) is 5.58 Å². The predicted molar refractivity (Wildman–Crippen MR) is 92.5 cm³/mol. The van der Waals surface area contributed by atoms with Gasteiger partial charge < -0.3 is 14.2 Å². The lowest BCUT2D eigenvalue weighted by Crippen LogP contribution is -2.35. The van der Waals surface area contributed by atoms with Crippen LogP contribution in [-0.4, -0.2) is 56.7 Å². The van der Waals surface area contributed by atoms with Crippen LogP contribution in [0, 0.1) is 6.92 Å². The van der Waals surface area contributed by atoms with Gasteiger partial charge in [-0.1, -0.05) is 0 Å². The zero-order valence-corrected chi connectivity index (χ0v) is 14.3. The molecule has 0 unspecified atom stereocenters. The zero-order valence-electron chi connectivity index (χ0n) is 14.3. The van der Waals surface area contributed by atoms with Crippen LogP contribution in [0.5, 0.6) is 0 Å². The Hall–Kier alpha value is -2.90. The number of carbonyl (C=O) groups is 1. The zero-order chi connectivity index (χ0) is 17.4. The molecule has 1 saturated heterocycles. The maximum Gasteiger partial charge on any atom is 0.300 e. The van der Waals surface area contributed by atoms with Crippen molar-refractivity contribution in [3.8, 4) is 0 Å². The minimum atomic E-state index is -0.0303. The summed E-state index contributed by atoms with van der Waals surface area (Å²) >= 11 is 0. The van der Waals surface area contributed by atoms with Gasteiger partial charge in [0.05, 0.1) is 0 Å². The van der Waals surface area contributed by atoms with Gasteiger partial charge in [-0.25, -0.2) is 4.98 Å². The highest BCUT2D eigenvalue weighted by atomic mass is 16.4. The molecule has 4 rings (SSSR count). The molecule has 130 valence electrons. The van der Waals surface area contributed by atoms with Gasteiger partial charge in [0.1, 0.15) is 5.69 Å². The van der Waals surface area contributed by atoms with Gasteiger partial charge in [-0.3, -0.25) is 9.48 Å². The lowest BCUT2D eigenvalue weighted by Gasteiger charge is -2.20. The first kappa shape index (κ1) is 15.6. The minimum Gasteiger partial charge on any atom is -0.422 e. The van der Waals surface area contributed by atoms with E-state index >= 15 is 0 Å². The summed E-state index contributed by atoms with van der Waals surface area (Å²) in [6.07, 6.45) is 2.63. The summed E-state index contributed by atoms with van der Waals surface area (Å²) in [4.78, 5) is 25.4. The van der Waals surface area contributed by atoms with Crippen molar-refractivity contribution in [2.24, 2.45) is 7.05 Å². The highest BCUT2D eigenvalue weighted by Gasteiger charge is 2.24. The van der Waals surface area contributed by atoms with Crippen LogP contribution in [-0.2, 0) is 7.05 Å². The van der Waals surface area contributed by atoms with Gasteiger partial charge in [-0.2, -0.15) is 10.1 Å². The monoisotopic (exact) mass is 340 g/mol. The van der Waals surface area contributed by atoms with Crippen LogP contribution in [0.1, 0.15) is 22.6 Å². The van der Waals surface area contributed by atoms with E-state index in [4.69, 9.17) is 4.42 Å². The number of pyridine rings is 1. The number of carbonyl (C=O) groups excluding carboxylic acids is 1. The van der Waals surface area contributed by atoms with Crippen LogP contribution in [0.2, 0.25) is 0 Å². The third kappa shape index (κ3) is 3.07. The van der Waals surface area contributed by atoms with E-state index in [9.17, 15) is 4.79 Å². The molecule has 1 aliphatic rings. The molecule has 8 heteroatoms. The Morgan fingerprint density at radius 1 is 1.12 bits per heavy atom.